The lowest BCUT2D eigenvalue weighted by Crippen LogP contribution is -2.45. The Hall–Kier alpha value is -2.19. The van der Waals surface area contributed by atoms with Gasteiger partial charge in [0.05, 0.1) is 24.1 Å². The third-order valence-corrected chi connectivity index (χ3v) is 5.67. The normalized spacial score (nSPS) is 22.3. The van der Waals surface area contributed by atoms with Gasteiger partial charge in [-0.1, -0.05) is 0 Å². The molecule has 0 amide bonds. The molecule has 2 aromatic heterocycles. The van der Waals surface area contributed by atoms with Gasteiger partial charge >= 0.3 is 0 Å². The third-order valence-electron chi connectivity index (χ3n) is 5.67. The molecule has 4 rings (SSSR count). The molecule has 0 unspecified atom stereocenters. The Morgan fingerprint density at radius 3 is 2.59 bits per heavy atom. The van der Waals surface area contributed by atoms with Crippen LogP contribution in [-0.4, -0.2) is 75.7 Å². The van der Waals surface area contributed by atoms with Crippen LogP contribution in [-0.2, 0) is 13.6 Å². The number of hydrogen-bond acceptors (Lipinski definition) is 6. The fourth-order valence-electron chi connectivity index (χ4n) is 4.11. The zero-order valence-electron chi connectivity index (χ0n) is 16.3. The fourth-order valence-corrected chi connectivity index (χ4v) is 4.11. The number of likely N-dealkylation sites (tertiary alicyclic amines) is 1. The van der Waals surface area contributed by atoms with E-state index in [1.54, 1.807) is 10.7 Å². The van der Waals surface area contributed by atoms with E-state index in [2.05, 4.69) is 38.1 Å². The Bertz CT molecular complexity index is 821. The zero-order chi connectivity index (χ0) is 18.8. The summed E-state index contributed by atoms with van der Waals surface area (Å²) in [7, 11) is 4.07. The molecule has 0 spiro atoms. The lowest BCUT2D eigenvalue weighted by Gasteiger charge is -2.34. The molecule has 4 heterocycles. The highest BCUT2D eigenvalue weighted by atomic mass is 16.1. The highest BCUT2D eigenvalue weighted by Gasteiger charge is 2.24. The summed E-state index contributed by atoms with van der Waals surface area (Å²) < 4.78 is 3.52. The van der Waals surface area contributed by atoms with Crippen LogP contribution < -0.4 is 10.5 Å². The summed E-state index contributed by atoms with van der Waals surface area (Å²) in [5.41, 5.74) is 2.18. The van der Waals surface area contributed by atoms with Gasteiger partial charge in [-0.05, 0) is 26.4 Å². The Morgan fingerprint density at radius 1 is 1.07 bits per heavy atom. The quantitative estimate of drug-likeness (QED) is 0.783. The van der Waals surface area contributed by atoms with E-state index in [0.29, 0.717) is 0 Å². The van der Waals surface area contributed by atoms with Crippen molar-refractivity contribution in [2.75, 3.05) is 51.2 Å². The molecule has 0 radical (unpaired) electrons. The van der Waals surface area contributed by atoms with Gasteiger partial charge in [0, 0.05) is 64.1 Å². The number of likely N-dealkylation sites (N-methyl/N-ethyl adjacent to an activating group) is 1. The van der Waals surface area contributed by atoms with E-state index in [1.165, 1.54) is 5.56 Å². The molecular weight excluding hydrogens is 342 g/mol. The van der Waals surface area contributed by atoms with E-state index in [0.717, 1.165) is 64.3 Å². The van der Waals surface area contributed by atoms with E-state index in [4.69, 9.17) is 0 Å². The third kappa shape index (κ3) is 4.22. The number of piperidine rings is 1. The fraction of sp³-hybridized carbons (Fsp3) is 0.632. The number of hydrogen-bond donors (Lipinski definition) is 0. The molecule has 2 aromatic rings. The summed E-state index contributed by atoms with van der Waals surface area (Å²) in [6.45, 7) is 6.73. The van der Waals surface area contributed by atoms with Crippen LogP contribution in [0.5, 0.6) is 0 Å². The maximum atomic E-state index is 12.7. The molecule has 0 saturated carbocycles. The van der Waals surface area contributed by atoms with Crippen LogP contribution in [0, 0.1) is 0 Å². The minimum absolute atomic E-state index is 0.0136. The molecule has 0 N–H and O–H groups in total. The Morgan fingerprint density at radius 2 is 1.89 bits per heavy atom. The molecule has 1 atom stereocenters. The van der Waals surface area contributed by atoms with Crippen LogP contribution in [0.4, 0.5) is 5.69 Å². The molecule has 0 bridgehead atoms. The lowest BCUT2D eigenvalue weighted by atomic mass is 10.1. The van der Waals surface area contributed by atoms with Crippen molar-refractivity contribution in [1.82, 2.24) is 29.4 Å². The van der Waals surface area contributed by atoms with Crippen molar-refractivity contribution in [1.29, 1.82) is 0 Å². The first-order valence-electron chi connectivity index (χ1n) is 9.81. The van der Waals surface area contributed by atoms with Crippen molar-refractivity contribution in [2.45, 2.75) is 25.4 Å². The molecule has 0 aromatic carbocycles. The molecule has 2 aliphatic heterocycles. The number of aromatic nitrogens is 4. The minimum Gasteiger partial charge on any atom is -0.368 e. The van der Waals surface area contributed by atoms with Gasteiger partial charge in [0.2, 0.25) is 0 Å². The highest BCUT2D eigenvalue weighted by molar-refractivity contribution is 5.43. The summed E-state index contributed by atoms with van der Waals surface area (Å²) in [5, 5.41) is 8.79. The van der Waals surface area contributed by atoms with Crippen LogP contribution in [0.15, 0.2) is 29.5 Å². The van der Waals surface area contributed by atoms with Crippen LogP contribution in [0.1, 0.15) is 24.4 Å². The van der Waals surface area contributed by atoms with Gasteiger partial charge < -0.3 is 9.80 Å². The Balaban J connectivity index is 1.43. The van der Waals surface area contributed by atoms with Crippen LogP contribution in [0.25, 0.3) is 0 Å². The van der Waals surface area contributed by atoms with Gasteiger partial charge in [-0.15, -0.1) is 0 Å². The minimum atomic E-state index is 0.0136. The Kier molecular flexibility index (Phi) is 5.27. The number of nitrogens with zero attached hydrogens (tertiary/aromatic N) is 7. The van der Waals surface area contributed by atoms with Crippen molar-refractivity contribution < 1.29 is 0 Å². The summed E-state index contributed by atoms with van der Waals surface area (Å²) in [4.78, 5) is 19.7. The molecular formula is C19H29N7O. The van der Waals surface area contributed by atoms with E-state index < -0.39 is 0 Å². The number of rotatable bonds is 4. The van der Waals surface area contributed by atoms with Crippen LogP contribution in [0.3, 0.4) is 0 Å². The van der Waals surface area contributed by atoms with Crippen molar-refractivity contribution in [3.63, 3.8) is 0 Å². The standard InChI is InChI=1S/C19H29N7O/c1-22-6-8-25(9-7-22)18-10-19(27)26(21-12-18)17-4-3-5-24(15-17)14-16-11-20-23(2)13-16/h10-13,17H,3-9,14-15H2,1-2H3/t17-/m0/s1. The van der Waals surface area contributed by atoms with Gasteiger partial charge in [-0.25, -0.2) is 4.68 Å². The van der Waals surface area contributed by atoms with Gasteiger partial charge in [0.1, 0.15) is 0 Å². The Labute approximate surface area is 160 Å². The molecule has 146 valence electrons. The van der Waals surface area contributed by atoms with E-state index in [1.807, 2.05) is 24.1 Å². The zero-order valence-corrected chi connectivity index (χ0v) is 16.3. The first-order chi connectivity index (χ1) is 13.1. The average molecular weight is 371 g/mol. The summed E-state index contributed by atoms with van der Waals surface area (Å²) >= 11 is 0. The van der Waals surface area contributed by atoms with Crippen molar-refractivity contribution in [3.05, 3.63) is 40.6 Å². The first-order valence-corrected chi connectivity index (χ1v) is 9.81. The molecule has 0 aliphatic carbocycles. The van der Waals surface area contributed by atoms with E-state index in [9.17, 15) is 4.79 Å². The van der Waals surface area contributed by atoms with Gasteiger partial charge in [0.15, 0.2) is 0 Å². The summed E-state index contributed by atoms with van der Waals surface area (Å²) in [6, 6.07) is 1.91. The maximum Gasteiger partial charge on any atom is 0.269 e. The van der Waals surface area contributed by atoms with Crippen molar-refractivity contribution in [3.8, 4) is 0 Å². The molecule has 2 fully saturated rings. The molecule has 8 nitrogen and oxygen atoms in total. The average Bonchev–Trinajstić information content (AvgIpc) is 3.07. The van der Waals surface area contributed by atoms with Gasteiger partial charge in [-0.2, -0.15) is 10.2 Å². The van der Waals surface area contributed by atoms with Gasteiger partial charge in [0.25, 0.3) is 5.56 Å². The summed E-state index contributed by atoms with van der Waals surface area (Å²) in [5.74, 6) is 0. The lowest BCUT2D eigenvalue weighted by molar-refractivity contribution is 0.160. The summed E-state index contributed by atoms with van der Waals surface area (Å²) in [6.07, 6.45) is 7.92. The maximum absolute atomic E-state index is 12.7. The SMILES string of the molecule is CN1CCN(c2cnn([C@H]3CCCN(Cc4cnn(C)c4)C3)c(=O)c2)CC1. The van der Waals surface area contributed by atoms with Gasteiger partial charge in [-0.3, -0.25) is 14.4 Å². The topological polar surface area (TPSA) is 62.4 Å². The second-order valence-electron chi connectivity index (χ2n) is 7.84. The largest absolute Gasteiger partial charge is 0.368 e. The smallest absolute Gasteiger partial charge is 0.269 e. The predicted molar refractivity (Wildman–Crippen MR) is 105 cm³/mol. The molecule has 27 heavy (non-hydrogen) atoms. The molecule has 8 heteroatoms. The number of aryl methyl sites for hydroxylation is 1. The second kappa shape index (κ2) is 7.82. The van der Waals surface area contributed by atoms with Crippen molar-refractivity contribution in [2.24, 2.45) is 7.05 Å². The first kappa shape index (κ1) is 18.2. The second-order valence-corrected chi connectivity index (χ2v) is 7.84. The van der Waals surface area contributed by atoms with Crippen LogP contribution >= 0.6 is 0 Å². The van der Waals surface area contributed by atoms with Crippen molar-refractivity contribution >= 4 is 5.69 Å². The highest BCUT2D eigenvalue weighted by Crippen LogP contribution is 2.22. The molecule has 2 saturated heterocycles. The predicted octanol–water partition coefficient (Wildman–Crippen LogP) is 0.566. The monoisotopic (exact) mass is 371 g/mol. The number of anilines is 1. The van der Waals surface area contributed by atoms with E-state index in [-0.39, 0.29) is 11.6 Å². The molecule has 2 aliphatic rings. The van der Waals surface area contributed by atoms with E-state index >= 15 is 0 Å². The van der Waals surface area contributed by atoms with Crippen LogP contribution in [0.2, 0.25) is 0 Å². The number of piperazine rings is 1.